The maximum absolute atomic E-state index is 15.5. The number of fused-ring (bicyclic) bond motifs is 1. The van der Waals surface area contributed by atoms with Gasteiger partial charge in [0, 0.05) is 23.7 Å². The van der Waals surface area contributed by atoms with E-state index in [2.05, 4.69) is 21.7 Å². The number of aromatic amines is 1. The predicted molar refractivity (Wildman–Crippen MR) is 110 cm³/mol. The number of methoxy groups -OCH3 is 1. The van der Waals surface area contributed by atoms with E-state index >= 15 is 4.39 Å². The van der Waals surface area contributed by atoms with Gasteiger partial charge >= 0.3 is 5.69 Å². The van der Waals surface area contributed by atoms with Crippen molar-refractivity contribution in [2.45, 2.75) is 50.7 Å². The third kappa shape index (κ3) is 3.61. The number of nitriles is 1. The Hall–Kier alpha value is -2.70. The first kappa shape index (κ1) is 20.6. The van der Waals surface area contributed by atoms with Crippen molar-refractivity contribution in [2.24, 2.45) is 5.92 Å². The van der Waals surface area contributed by atoms with Gasteiger partial charge in [0.1, 0.15) is 11.3 Å². The molecule has 2 fully saturated rings. The lowest BCUT2D eigenvalue weighted by Gasteiger charge is -2.30. The second-order valence-electron chi connectivity index (χ2n) is 8.22. The number of nitrogens with one attached hydrogen (secondary N) is 3. The van der Waals surface area contributed by atoms with Gasteiger partial charge in [0.15, 0.2) is 5.75 Å². The first-order chi connectivity index (χ1) is 14.5. The summed E-state index contributed by atoms with van der Waals surface area (Å²) in [6, 6.07) is 2.73. The Balaban J connectivity index is 1.97. The van der Waals surface area contributed by atoms with Crippen LogP contribution >= 0.6 is 0 Å². The second-order valence-corrected chi connectivity index (χ2v) is 8.22. The summed E-state index contributed by atoms with van der Waals surface area (Å²) in [5.41, 5.74) is -0.477. The van der Waals surface area contributed by atoms with Gasteiger partial charge in [-0.15, -0.1) is 0 Å². The number of rotatable bonds is 7. The average molecular weight is 415 g/mol. The molecule has 1 saturated heterocycles. The van der Waals surface area contributed by atoms with Crippen LogP contribution in [0, 0.1) is 23.1 Å². The fraction of sp³-hybridized carbons (Fsp3) is 0.571. The molecule has 9 heteroatoms. The first-order valence-electron chi connectivity index (χ1n) is 10.3. The fourth-order valence-electron chi connectivity index (χ4n) is 4.47. The minimum Gasteiger partial charge on any atom is -0.494 e. The summed E-state index contributed by atoms with van der Waals surface area (Å²) in [4.78, 5) is 27.4. The highest BCUT2D eigenvalue weighted by atomic mass is 19.1. The van der Waals surface area contributed by atoms with E-state index in [9.17, 15) is 9.59 Å². The van der Waals surface area contributed by atoms with Crippen molar-refractivity contribution in [3.8, 4) is 11.8 Å². The number of aromatic nitrogens is 2. The summed E-state index contributed by atoms with van der Waals surface area (Å²) >= 11 is 0. The number of hydrogen-bond donors (Lipinski definition) is 3. The lowest BCUT2D eigenvalue weighted by atomic mass is 9.89. The Morgan fingerprint density at radius 2 is 2.17 bits per heavy atom. The Kier molecular flexibility index (Phi) is 5.62. The zero-order valence-corrected chi connectivity index (χ0v) is 17.1. The fourth-order valence-corrected chi connectivity index (χ4v) is 4.47. The molecule has 3 atom stereocenters. The van der Waals surface area contributed by atoms with E-state index in [1.54, 1.807) is 0 Å². The molecule has 30 heavy (non-hydrogen) atoms. The molecule has 2 aromatic rings. The smallest absolute Gasteiger partial charge is 0.329 e. The topological polar surface area (TPSA) is 112 Å². The Bertz CT molecular complexity index is 1110. The van der Waals surface area contributed by atoms with E-state index in [1.807, 2.05) is 6.92 Å². The van der Waals surface area contributed by atoms with Crippen LogP contribution in [0.3, 0.4) is 0 Å². The van der Waals surface area contributed by atoms with Gasteiger partial charge < -0.3 is 15.4 Å². The molecular formula is C21H26FN5O3. The van der Waals surface area contributed by atoms with Crippen molar-refractivity contribution in [3.63, 3.8) is 0 Å². The molecule has 4 rings (SSSR count). The number of H-pyrrole nitrogens is 1. The third-order valence-electron chi connectivity index (χ3n) is 6.03. The van der Waals surface area contributed by atoms with E-state index in [4.69, 9.17) is 10.00 Å². The van der Waals surface area contributed by atoms with Crippen molar-refractivity contribution in [3.05, 3.63) is 38.3 Å². The quantitative estimate of drug-likeness (QED) is 0.635. The zero-order valence-electron chi connectivity index (χ0n) is 17.1. The van der Waals surface area contributed by atoms with Gasteiger partial charge in [-0.2, -0.15) is 5.26 Å². The molecule has 1 aliphatic heterocycles. The summed E-state index contributed by atoms with van der Waals surface area (Å²) in [6.07, 6.45) is 2.76. The first-order valence-corrected chi connectivity index (χ1v) is 10.3. The van der Waals surface area contributed by atoms with Crippen molar-refractivity contribution in [2.75, 3.05) is 20.2 Å². The largest absolute Gasteiger partial charge is 0.494 e. The van der Waals surface area contributed by atoms with Crippen LogP contribution in [0.25, 0.3) is 10.9 Å². The van der Waals surface area contributed by atoms with Crippen molar-refractivity contribution in [1.82, 2.24) is 20.2 Å². The van der Waals surface area contributed by atoms with Gasteiger partial charge in [-0.1, -0.05) is 0 Å². The summed E-state index contributed by atoms with van der Waals surface area (Å²) < 4.78 is 22.7. The molecule has 0 radical (unpaired) electrons. The Labute approximate surface area is 173 Å². The number of ether oxygens (including phenoxy) is 1. The normalized spacial score (nSPS) is 20.8. The van der Waals surface area contributed by atoms with Crippen LogP contribution in [-0.2, 0) is 0 Å². The number of hydrogen-bond acceptors (Lipinski definition) is 6. The molecule has 8 nitrogen and oxygen atoms in total. The van der Waals surface area contributed by atoms with E-state index < -0.39 is 23.1 Å². The SMILES string of the molecule is COc1c(C(NC(C)CC#N)C2CCNC2)c(F)cc2c(=O)[nH]c(=O)n(C3CC3)c12. The van der Waals surface area contributed by atoms with Crippen LogP contribution in [0.4, 0.5) is 4.39 Å². The molecule has 3 N–H and O–H groups in total. The van der Waals surface area contributed by atoms with Crippen LogP contribution in [0.5, 0.6) is 5.75 Å². The molecular weight excluding hydrogens is 389 g/mol. The number of nitrogens with zero attached hydrogens (tertiary/aromatic N) is 2. The lowest BCUT2D eigenvalue weighted by molar-refractivity contribution is 0.324. The van der Waals surface area contributed by atoms with Crippen LogP contribution in [0.1, 0.15) is 50.3 Å². The Morgan fingerprint density at radius 3 is 2.77 bits per heavy atom. The molecule has 3 unspecified atom stereocenters. The molecule has 0 spiro atoms. The minimum atomic E-state index is -0.624. The summed E-state index contributed by atoms with van der Waals surface area (Å²) in [5.74, 6) is -0.261. The van der Waals surface area contributed by atoms with Gasteiger partial charge in [0.2, 0.25) is 0 Å². The molecule has 2 aliphatic rings. The summed E-state index contributed by atoms with van der Waals surface area (Å²) in [5, 5.41) is 15.9. The molecule has 1 saturated carbocycles. The maximum atomic E-state index is 15.5. The standard InChI is InChI=1S/C21H26FN5O3/c1-11(5-7-23)25-17(12-6-8-24-10-12)16-15(22)9-14-18(19(16)30-2)27(13-3-4-13)21(29)26-20(14)28/h9,11-13,17,24-25H,3-6,8,10H2,1-2H3,(H,26,28,29). The van der Waals surface area contributed by atoms with Gasteiger partial charge in [0.25, 0.3) is 5.56 Å². The third-order valence-corrected chi connectivity index (χ3v) is 6.03. The van der Waals surface area contributed by atoms with E-state index in [0.29, 0.717) is 17.6 Å². The monoisotopic (exact) mass is 415 g/mol. The van der Waals surface area contributed by atoms with Crippen molar-refractivity contribution in [1.29, 1.82) is 5.26 Å². The van der Waals surface area contributed by atoms with Gasteiger partial charge in [0.05, 0.1) is 25.0 Å². The van der Waals surface area contributed by atoms with Crippen molar-refractivity contribution >= 4 is 10.9 Å². The van der Waals surface area contributed by atoms with Crippen LogP contribution < -0.4 is 26.6 Å². The number of halogens is 1. The van der Waals surface area contributed by atoms with Gasteiger partial charge in [-0.3, -0.25) is 14.3 Å². The summed E-state index contributed by atoms with van der Waals surface area (Å²) in [6.45, 7) is 3.40. The molecule has 1 aromatic heterocycles. The van der Waals surface area contributed by atoms with Crippen LogP contribution in [0.2, 0.25) is 0 Å². The van der Waals surface area contributed by atoms with Gasteiger partial charge in [-0.25, -0.2) is 9.18 Å². The van der Waals surface area contributed by atoms with E-state index in [0.717, 1.165) is 25.8 Å². The highest BCUT2D eigenvalue weighted by Gasteiger charge is 2.35. The van der Waals surface area contributed by atoms with Crippen LogP contribution in [0.15, 0.2) is 15.7 Å². The number of benzene rings is 1. The van der Waals surface area contributed by atoms with Crippen molar-refractivity contribution < 1.29 is 9.13 Å². The maximum Gasteiger partial charge on any atom is 0.329 e. The second kappa shape index (κ2) is 8.20. The lowest BCUT2D eigenvalue weighted by Crippen LogP contribution is -2.37. The summed E-state index contributed by atoms with van der Waals surface area (Å²) in [7, 11) is 1.43. The molecule has 0 bridgehead atoms. The highest BCUT2D eigenvalue weighted by molar-refractivity contribution is 5.86. The van der Waals surface area contributed by atoms with Gasteiger partial charge in [-0.05, 0) is 51.3 Å². The highest BCUT2D eigenvalue weighted by Crippen LogP contribution is 2.42. The predicted octanol–water partition coefficient (Wildman–Crippen LogP) is 1.71. The Morgan fingerprint density at radius 1 is 1.40 bits per heavy atom. The van der Waals surface area contributed by atoms with Crippen LogP contribution in [-0.4, -0.2) is 35.8 Å². The average Bonchev–Trinajstić information content (AvgIpc) is 3.38. The molecule has 2 heterocycles. The zero-order chi connectivity index (χ0) is 21.4. The molecule has 0 amide bonds. The molecule has 1 aliphatic carbocycles. The molecule has 1 aromatic carbocycles. The molecule has 160 valence electrons. The van der Waals surface area contributed by atoms with E-state index in [-0.39, 0.29) is 35.6 Å². The van der Waals surface area contributed by atoms with E-state index in [1.165, 1.54) is 17.7 Å². The minimum absolute atomic E-state index is 0.0267.